The first-order valence-corrected chi connectivity index (χ1v) is 16.5. The van der Waals surface area contributed by atoms with Crippen molar-refractivity contribution in [2.75, 3.05) is 42.3 Å². The molecule has 10 heteroatoms. The van der Waals surface area contributed by atoms with E-state index in [0.29, 0.717) is 0 Å². The summed E-state index contributed by atoms with van der Waals surface area (Å²) in [4.78, 5) is 30.5. The molecule has 228 valence electrons. The van der Waals surface area contributed by atoms with E-state index in [1.54, 1.807) is 10.6 Å². The number of anilines is 2. The molecule has 0 bridgehead atoms. The number of aromatic nitrogens is 2. The van der Waals surface area contributed by atoms with Crippen LogP contribution in [0, 0.1) is 0 Å². The van der Waals surface area contributed by atoms with Crippen molar-refractivity contribution in [2.45, 2.75) is 103 Å². The molecule has 1 atom stereocenters. The highest BCUT2D eigenvalue weighted by atomic mass is 32.2. The number of rotatable bonds is 11. The van der Waals surface area contributed by atoms with Gasteiger partial charge in [-0.1, -0.05) is 19.3 Å². The van der Waals surface area contributed by atoms with E-state index in [1.807, 2.05) is 52.0 Å². The van der Waals surface area contributed by atoms with Gasteiger partial charge in [0.15, 0.2) is 0 Å². The second-order valence-corrected chi connectivity index (χ2v) is 14.1. The molecule has 1 unspecified atom stereocenters. The van der Waals surface area contributed by atoms with Crippen molar-refractivity contribution in [2.24, 2.45) is 0 Å². The lowest BCUT2D eigenvalue weighted by Gasteiger charge is -2.38. The van der Waals surface area contributed by atoms with Crippen LogP contribution in [0.2, 0.25) is 0 Å². The lowest BCUT2D eigenvalue weighted by molar-refractivity contribution is 0.0821. The maximum atomic E-state index is 13.2. The summed E-state index contributed by atoms with van der Waals surface area (Å²) in [6, 6.07) is 9.20. The van der Waals surface area contributed by atoms with Crippen molar-refractivity contribution in [3.05, 3.63) is 51.2 Å². The maximum absolute atomic E-state index is 13.2. The highest BCUT2D eigenvalue weighted by Gasteiger charge is 2.26. The second-order valence-electron chi connectivity index (χ2n) is 12.7. The van der Waals surface area contributed by atoms with Gasteiger partial charge in [-0.25, -0.2) is 9.00 Å². The summed E-state index contributed by atoms with van der Waals surface area (Å²) < 4.78 is 25.3. The molecule has 4 rings (SSSR count). The number of nitrogens with zero attached hydrogens (tertiary/aromatic N) is 4. The molecule has 1 saturated carbocycles. The predicted molar refractivity (Wildman–Crippen MR) is 169 cm³/mol. The third kappa shape index (κ3) is 8.03. The van der Waals surface area contributed by atoms with Crippen molar-refractivity contribution in [3.8, 4) is 5.75 Å². The average molecular weight is 588 g/mol. The fraction of sp³-hybridized carbons (Fsp3) is 0.677. The highest BCUT2D eigenvalue weighted by Crippen LogP contribution is 2.26. The number of hydrogen-bond acceptors (Lipinski definition) is 6. The van der Waals surface area contributed by atoms with Crippen LogP contribution in [-0.4, -0.2) is 61.8 Å². The third-order valence-corrected chi connectivity index (χ3v) is 9.74. The molecule has 9 nitrogen and oxygen atoms in total. The van der Waals surface area contributed by atoms with Gasteiger partial charge in [0, 0.05) is 56.6 Å². The molecule has 2 fully saturated rings. The molecular formula is C31H49N5O4S. The Hall–Kier alpha value is -2.59. The van der Waals surface area contributed by atoms with Crippen LogP contribution in [0.4, 0.5) is 11.5 Å². The van der Waals surface area contributed by atoms with E-state index in [0.717, 1.165) is 69.2 Å². The summed E-state index contributed by atoms with van der Waals surface area (Å²) in [5, 5.41) is 0.245. The molecule has 1 saturated heterocycles. The van der Waals surface area contributed by atoms with E-state index < -0.39 is 11.0 Å². The van der Waals surface area contributed by atoms with Gasteiger partial charge in [-0.05, 0) is 85.1 Å². The first-order valence-electron chi connectivity index (χ1n) is 15.3. The van der Waals surface area contributed by atoms with Crippen molar-refractivity contribution >= 4 is 22.5 Å². The van der Waals surface area contributed by atoms with Gasteiger partial charge in [0.05, 0.1) is 5.25 Å². The standard InChI is InChI=1S/C31H49N5O4S/c1-23(2)35-28(22-29(37)36(24(3)4)30(35)38)34-20-18-33(19-21-34)17-16-31(5,6)40-26-14-12-25(13-15-26)32-41(39)27-10-8-7-9-11-27/h12-15,22-24,27,32H,7-11,16-21H2,1-6H3. The second kappa shape index (κ2) is 13.6. The minimum Gasteiger partial charge on any atom is -0.488 e. The van der Waals surface area contributed by atoms with Crippen LogP contribution in [0.5, 0.6) is 5.75 Å². The summed E-state index contributed by atoms with van der Waals surface area (Å²) in [5.74, 6) is 1.52. The maximum Gasteiger partial charge on any atom is 0.333 e. The first-order chi connectivity index (χ1) is 19.4. The van der Waals surface area contributed by atoms with E-state index in [4.69, 9.17) is 4.74 Å². The molecule has 1 aliphatic heterocycles. The fourth-order valence-corrected chi connectivity index (χ4v) is 7.13. The quantitative estimate of drug-likeness (QED) is 0.400. The van der Waals surface area contributed by atoms with Crippen LogP contribution in [0.25, 0.3) is 0 Å². The lowest BCUT2D eigenvalue weighted by atomic mass is 10.0. The number of benzene rings is 1. The normalized spacial score (nSPS) is 18.2. The SMILES string of the molecule is CC(C)n1c(N2CCN(CCC(C)(C)Oc3ccc(NS(=O)C4CCCCC4)cc3)CC2)cc(=O)n(C(C)C)c1=O. The zero-order valence-corrected chi connectivity index (χ0v) is 26.5. The van der Waals surface area contributed by atoms with Gasteiger partial charge in [-0.2, -0.15) is 0 Å². The Kier molecular flexibility index (Phi) is 10.4. The summed E-state index contributed by atoms with van der Waals surface area (Å²) in [5.41, 5.74) is 0.0391. The summed E-state index contributed by atoms with van der Waals surface area (Å²) in [6.07, 6.45) is 6.53. The lowest BCUT2D eigenvalue weighted by Crippen LogP contribution is -2.51. The molecule has 0 amide bonds. The topological polar surface area (TPSA) is 88.8 Å². The van der Waals surface area contributed by atoms with Crippen LogP contribution in [0.1, 0.15) is 92.2 Å². The third-order valence-electron chi connectivity index (χ3n) is 8.23. The molecule has 1 aliphatic carbocycles. The zero-order chi connectivity index (χ0) is 29.7. The van der Waals surface area contributed by atoms with Crippen molar-refractivity contribution in [1.29, 1.82) is 0 Å². The Bertz CT molecular complexity index is 1290. The zero-order valence-electron chi connectivity index (χ0n) is 25.7. The summed E-state index contributed by atoms with van der Waals surface area (Å²) in [7, 11) is -1.05. The Morgan fingerprint density at radius 2 is 1.54 bits per heavy atom. The van der Waals surface area contributed by atoms with Gasteiger partial charge in [0.1, 0.15) is 28.2 Å². The Labute approximate surface area is 247 Å². The molecule has 2 aromatic rings. The van der Waals surface area contributed by atoms with E-state index >= 15 is 0 Å². The monoisotopic (exact) mass is 587 g/mol. The van der Waals surface area contributed by atoms with Crippen LogP contribution < -0.4 is 25.6 Å². The molecule has 0 spiro atoms. The van der Waals surface area contributed by atoms with Gasteiger partial charge >= 0.3 is 5.69 Å². The van der Waals surface area contributed by atoms with E-state index in [-0.39, 0.29) is 34.2 Å². The molecule has 41 heavy (non-hydrogen) atoms. The largest absolute Gasteiger partial charge is 0.488 e. The fourth-order valence-electron chi connectivity index (χ4n) is 5.83. The molecule has 1 aromatic carbocycles. The molecule has 0 radical (unpaired) electrons. The molecule has 2 aliphatic rings. The molecule has 1 N–H and O–H groups in total. The van der Waals surface area contributed by atoms with E-state index in [2.05, 4.69) is 28.4 Å². The van der Waals surface area contributed by atoms with Gasteiger partial charge < -0.3 is 14.4 Å². The highest BCUT2D eigenvalue weighted by molar-refractivity contribution is 7.87. The van der Waals surface area contributed by atoms with E-state index in [9.17, 15) is 13.8 Å². The Morgan fingerprint density at radius 3 is 2.12 bits per heavy atom. The van der Waals surface area contributed by atoms with Crippen LogP contribution in [-0.2, 0) is 11.0 Å². The minimum absolute atomic E-state index is 0.0389. The number of nitrogens with one attached hydrogen (secondary N) is 1. The number of piperazine rings is 1. The number of hydrogen-bond donors (Lipinski definition) is 1. The Balaban J connectivity index is 1.28. The van der Waals surface area contributed by atoms with Crippen LogP contribution >= 0.6 is 0 Å². The molecular weight excluding hydrogens is 538 g/mol. The van der Waals surface area contributed by atoms with Crippen LogP contribution in [0.15, 0.2) is 39.9 Å². The predicted octanol–water partition coefficient (Wildman–Crippen LogP) is 4.95. The summed E-state index contributed by atoms with van der Waals surface area (Å²) in [6.45, 7) is 16.1. The first kappa shape index (κ1) is 31.3. The van der Waals surface area contributed by atoms with E-state index in [1.165, 1.54) is 23.8 Å². The van der Waals surface area contributed by atoms with Gasteiger partial charge in [-0.15, -0.1) is 0 Å². The van der Waals surface area contributed by atoms with Crippen molar-refractivity contribution in [1.82, 2.24) is 14.0 Å². The van der Waals surface area contributed by atoms with Crippen LogP contribution in [0.3, 0.4) is 0 Å². The molecule has 2 heterocycles. The Morgan fingerprint density at radius 1 is 0.927 bits per heavy atom. The average Bonchev–Trinajstić information content (AvgIpc) is 2.93. The van der Waals surface area contributed by atoms with Gasteiger partial charge in [-0.3, -0.25) is 18.8 Å². The smallest absolute Gasteiger partial charge is 0.333 e. The summed E-state index contributed by atoms with van der Waals surface area (Å²) >= 11 is 0. The van der Waals surface area contributed by atoms with Crippen molar-refractivity contribution < 1.29 is 8.95 Å². The van der Waals surface area contributed by atoms with Gasteiger partial charge in [0.2, 0.25) is 0 Å². The van der Waals surface area contributed by atoms with Gasteiger partial charge in [0.25, 0.3) is 5.56 Å². The van der Waals surface area contributed by atoms with Crippen molar-refractivity contribution in [3.63, 3.8) is 0 Å². The molecule has 1 aromatic heterocycles. The number of ether oxygens (including phenoxy) is 1. The minimum atomic E-state index is -1.05.